The second-order valence-corrected chi connectivity index (χ2v) is 8.26. The maximum absolute atomic E-state index is 12.9. The minimum atomic E-state index is -0.168. The number of carbonyl (C=O) groups is 2. The molecule has 2 aliphatic rings. The first-order chi connectivity index (χ1) is 15.5. The van der Waals surface area contributed by atoms with Gasteiger partial charge in [0.2, 0.25) is 5.91 Å². The van der Waals surface area contributed by atoms with Gasteiger partial charge < -0.3 is 29.3 Å². The van der Waals surface area contributed by atoms with Gasteiger partial charge in [0.15, 0.2) is 11.5 Å². The van der Waals surface area contributed by atoms with Crippen molar-refractivity contribution in [3.8, 4) is 11.5 Å². The van der Waals surface area contributed by atoms with Crippen LogP contribution in [-0.4, -0.2) is 99.4 Å². The number of hydrogen-bond donors (Lipinski definition) is 1. The molecule has 178 valence electrons. The maximum Gasteiger partial charge on any atom is 0.321 e. The molecule has 9 heteroatoms. The van der Waals surface area contributed by atoms with Crippen LogP contribution >= 0.6 is 0 Å². The number of benzene rings is 1. The number of nitrogens with zero attached hydrogens (tertiary/aromatic N) is 3. The van der Waals surface area contributed by atoms with E-state index in [9.17, 15) is 9.59 Å². The van der Waals surface area contributed by atoms with E-state index in [1.54, 1.807) is 44.2 Å². The van der Waals surface area contributed by atoms with Gasteiger partial charge in [0.25, 0.3) is 0 Å². The van der Waals surface area contributed by atoms with E-state index in [0.29, 0.717) is 36.8 Å². The zero-order valence-electron chi connectivity index (χ0n) is 19.5. The average Bonchev–Trinajstić information content (AvgIpc) is 2.82. The van der Waals surface area contributed by atoms with Crippen molar-refractivity contribution in [2.24, 2.45) is 0 Å². The predicted octanol–water partition coefficient (Wildman–Crippen LogP) is 2.27. The highest BCUT2D eigenvalue weighted by atomic mass is 16.5. The van der Waals surface area contributed by atoms with E-state index in [-0.39, 0.29) is 18.0 Å². The number of anilines is 1. The Bertz CT molecular complexity index is 769. The number of amides is 3. The molecule has 2 fully saturated rings. The zero-order valence-corrected chi connectivity index (χ0v) is 19.5. The van der Waals surface area contributed by atoms with Gasteiger partial charge in [0, 0.05) is 64.0 Å². The molecule has 0 spiro atoms. The first kappa shape index (κ1) is 24.1. The van der Waals surface area contributed by atoms with Crippen LogP contribution in [0.15, 0.2) is 18.2 Å². The van der Waals surface area contributed by atoms with Crippen molar-refractivity contribution in [2.45, 2.75) is 32.2 Å². The Morgan fingerprint density at radius 2 is 1.91 bits per heavy atom. The Kier molecular flexibility index (Phi) is 8.99. The van der Waals surface area contributed by atoms with Gasteiger partial charge in [0.05, 0.1) is 27.4 Å². The number of carbonyl (C=O) groups excluding carboxylic acids is 2. The SMILES string of the molecule is COc1ccc(NC(=O)N2CCCC(N(CCCN3CCOCC3)C(C)=O)C2)cc1OC. The summed E-state index contributed by atoms with van der Waals surface area (Å²) < 4.78 is 16.0. The van der Waals surface area contributed by atoms with Gasteiger partial charge >= 0.3 is 6.03 Å². The largest absolute Gasteiger partial charge is 0.493 e. The van der Waals surface area contributed by atoms with Crippen molar-refractivity contribution in [1.29, 1.82) is 0 Å². The molecule has 3 amide bonds. The van der Waals surface area contributed by atoms with Gasteiger partial charge in [-0.15, -0.1) is 0 Å². The number of morpholine rings is 1. The van der Waals surface area contributed by atoms with Gasteiger partial charge in [-0.05, 0) is 31.4 Å². The maximum atomic E-state index is 12.9. The highest BCUT2D eigenvalue weighted by Gasteiger charge is 2.29. The van der Waals surface area contributed by atoms with Crippen LogP contribution in [0.3, 0.4) is 0 Å². The molecule has 0 radical (unpaired) electrons. The number of nitrogens with one attached hydrogen (secondary N) is 1. The fourth-order valence-electron chi connectivity index (χ4n) is 4.40. The van der Waals surface area contributed by atoms with Gasteiger partial charge in [-0.2, -0.15) is 0 Å². The van der Waals surface area contributed by atoms with Crippen molar-refractivity contribution < 1.29 is 23.8 Å². The quantitative estimate of drug-likeness (QED) is 0.657. The molecule has 2 heterocycles. The number of ether oxygens (including phenoxy) is 3. The molecule has 0 aromatic heterocycles. The summed E-state index contributed by atoms with van der Waals surface area (Å²) in [5.74, 6) is 1.24. The molecule has 2 aliphatic heterocycles. The van der Waals surface area contributed by atoms with Crippen LogP contribution in [0.5, 0.6) is 11.5 Å². The molecule has 3 rings (SSSR count). The van der Waals surface area contributed by atoms with Crippen molar-refractivity contribution >= 4 is 17.6 Å². The minimum absolute atomic E-state index is 0.0436. The monoisotopic (exact) mass is 448 g/mol. The van der Waals surface area contributed by atoms with E-state index in [0.717, 1.165) is 52.1 Å². The number of hydrogen-bond acceptors (Lipinski definition) is 6. The molecule has 1 aromatic carbocycles. The van der Waals surface area contributed by atoms with Crippen LogP contribution < -0.4 is 14.8 Å². The van der Waals surface area contributed by atoms with Crippen LogP contribution in [0.4, 0.5) is 10.5 Å². The van der Waals surface area contributed by atoms with Gasteiger partial charge in [0.1, 0.15) is 0 Å². The summed E-state index contributed by atoms with van der Waals surface area (Å²) in [6.45, 7) is 7.97. The molecule has 32 heavy (non-hydrogen) atoms. The van der Waals surface area contributed by atoms with Crippen LogP contribution in [0.2, 0.25) is 0 Å². The van der Waals surface area contributed by atoms with Gasteiger partial charge in [-0.1, -0.05) is 0 Å². The standard InChI is InChI=1S/C23H36N4O5/c1-18(28)27(11-5-9-25-12-14-32-15-13-25)20-6-4-10-26(17-20)23(29)24-19-7-8-21(30-2)22(16-19)31-3/h7-8,16,20H,4-6,9-15,17H2,1-3H3,(H,24,29). The molecule has 2 saturated heterocycles. The van der Waals surface area contributed by atoms with Crippen LogP contribution in [0, 0.1) is 0 Å². The summed E-state index contributed by atoms with van der Waals surface area (Å²) in [5, 5.41) is 2.94. The summed E-state index contributed by atoms with van der Waals surface area (Å²) >= 11 is 0. The lowest BCUT2D eigenvalue weighted by atomic mass is 10.0. The molecular weight excluding hydrogens is 412 g/mol. The molecule has 0 saturated carbocycles. The van der Waals surface area contributed by atoms with Crippen molar-refractivity contribution in [1.82, 2.24) is 14.7 Å². The summed E-state index contributed by atoms with van der Waals surface area (Å²) in [6, 6.07) is 5.17. The highest BCUT2D eigenvalue weighted by Crippen LogP contribution is 2.30. The lowest BCUT2D eigenvalue weighted by Gasteiger charge is -2.39. The lowest BCUT2D eigenvalue weighted by molar-refractivity contribution is -0.132. The molecule has 0 aliphatic carbocycles. The first-order valence-electron chi connectivity index (χ1n) is 11.4. The summed E-state index contributed by atoms with van der Waals surface area (Å²) in [4.78, 5) is 31.4. The first-order valence-corrected chi connectivity index (χ1v) is 11.4. The Morgan fingerprint density at radius 1 is 1.16 bits per heavy atom. The topological polar surface area (TPSA) is 83.6 Å². The lowest BCUT2D eigenvalue weighted by Crippen LogP contribution is -2.52. The molecule has 1 unspecified atom stereocenters. The van der Waals surface area contributed by atoms with Crippen molar-refractivity contribution in [3.05, 3.63) is 18.2 Å². The molecule has 0 bridgehead atoms. The third-order valence-electron chi connectivity index (χ3n) is 6.14. The summed E-state index contributed by atoms with van der Waals surface area (Å²) in [7, 11) is 3.14. The Labute approximate surface area is 190 Å². The fraction of sp³-hybridized carbons (Fsp3) is 0.652. The Balaban J connectivity index is 1.54. The molecule has 9 nitrogen and oxygen atoms in total. The van der Waals surface area contributed by atoms with E-state index < -0.39 is 0 Å². The molecule has 1 atom stereocenters. The van der Waals surface area contributed by atoms with E-state index in [1.165, 1.54) is 0 Å². The number of methoxy groups -OCH3 is 2. The van der Waals surface area contributed by atoms with E-state index >= 15 is 0 Å². The van der Waals surface area contributed by atoms with E-state index in [4.69, 9.17) is 14.2 Å². The second kappa shape index (κ2) is 11.9. The number of urea groups is 1. The third-order valence-corrected chi connectivity index (χ3v) is 6.14. The minimum Gasteiger partial charge on any atom is -0.493 e. The van der Waals surface area contributed by atoms with Crippen molar-refractivity contribution in [3.63, 3.8) is 0 Å². The highest BCUT2D eigenvalue weighted by molar-refractivity contribution is 5.90. The average molecular weight is 449 g/mol. The van der Waals surface area contributed by atoms with Gasteiger partial charge in [-0.3, -0.25) is 9.69 Å². The normalized spacial score (nSPS) is 19.3. The summed E-state index contributed by atoms with van der Waals surface area (Å²) in [6.07, 6.45) is 2.71. The van der Waals surface area contributed by atoms with E-state index in [1.807, 2.05) is 4.90 Å². The molecule has 1 N–H and O–H groups in total. The molecule has 1 aromatic rings. The second-order valence-electron chi connectivity index (χ2n) is 8.26. The van der Waals surface area contributed by atoms with Gasteiger partial charge in [-0.25, -0.2) is 4.79 Å². The van der Waals surface area contributed by atoms with Crippen LogP contribution in [0.1, 0.15) is 26.2 Å². The van der Waals surface area contributed by atoms with E-state index in [2.05, 4.69) is 10.2 Å². The third kappa shape index (κ3) is 6.49. The number of piperidine rings is 1. The predicted molar refractivity (Wildman–Crippen MR) is 122 cm³/mol. The Hall–Kier alpha value is -2.52. The number of rotatable bonds is 8. The number of likely N-dealkylation sites (tertiary alicyclic amines) is 1. The smallest absolute Gasteiger partial charge is 0.321 e. The Morgan fingerprint density at radius 3 is 2.59 bits per heavy atom. The molecular formula is C23H36N4O5. The van der Waals surface area contributed by atoms with Crippen LogP contribution in [-0.2, 0) is 9.53 Å². The van der Waals surface area contributed by atoms with Crippen LogP contribution in [0.25, 0.3) is 0 Å². The zero-order chi connectivity index (χ0) is 22.9. The van der Waals surface area contributed by atoms with Crippen molar-refractivity contribution in [2.75, 3.05) is 72.0 Å². The fourth-order valence-corrected chi connectivity index (χ4v) is 4.40. The summed E-state index contributed by atoms with van der Waals surface area (Å²) in [5.41, 5.74) is 0.642.